The third kappa shape index (κ3) is 4.07. The molecule has 0 aliphatic heterocycles. The van der Waals surface area contributed by atoms with Gasteiger partial charge < -0.3 is 7.43 Å². The number of hydrogen-bond acceptors (Lipinski definition) is 0. The molecule has 0 spiro atoms. The predicted octanol–water partition coefficient (Wildman–Crippen LogP) is 2.54. The average molecular weight is 310 g/mol. The van der Waals surface area contributed by atoms with Crippen molar-refractivity contribution in [2.75, 3.05) is 0 Å². The van der Waals surface area contributed by atoms with Gasteiger partial charge in [0.05, 0.1) is 0 Å². The van der Waals surface area contributed by atoms with Crippen LogP contribution in [0.2, 0.25) is 6.82 Å². The Morgan fingerprint density at radius 1 is 1.06 bits per heavy atom. The first kappa shape index (κ1) is 17.6. The van der Waals surface area contributed by atoms with Crippen LogP contribution in [-0.4, -0.2) is 6.71 Å². The Bertz CT molecular complexity index is 454. The minimum Gasteiger partial charge on any atom is -0.358 e. The zero-order valence-corrected chi connectivity index (χ0v) is 14.2. The first-order chi connectivity index (χ1) is 7.83. The Balaban J connectivity index is 0.00000144. The molecule has 2 rings (SSSR count). The molecular weight excluding hydrogens is 292 g/mol. The van der Waals surface area contributed by atoms with Gasteiger partial charge in [0.15, 0.2) is 6.71 Å². The molecule has 0 N–H and O–H groups in total. The summed E-state index contributed by atoms with van der Waals surface area (Å²) in [5.41, 5.74) is 3.92. The Kier molecular flexibility index (Phi) is 8.48. The van der Waals surface area contributed by atoms with E-state index in [1.54, 1.807) is 0 Å². The van der Waals surface area contributed by atoms with E-state index in [2.05, 4.69) is 50.1 Å². The number of benzene rings is 2. The third-order valence-corrected chi connectivity index (χ3v) is 2.99. The van der Waals surface area contributed by atoms with Crippen LogP contribution in [0.3, 0.4) is 0 Å². The van der Waals surface area contributed by atoms with Gasteiger partial charge >= 0.3 is 32.7 Å². The van der Waals surface area contributed by atoms with Gasteiger partial charge in [0, 0.05) is 0 Å². The summed E-state index contributed by atoms with van der Waals surface area (Å²) < 4.78 is 0. The van der Waals surface area contributed by atoms with Gasteiger partial charge in [-0.15, -0.1) is 0 Å². The molecule has 18 heavy (non-hydrogen) atoms. The molecule has 0 aliphatic carbocycles. The fraction of sp³-hybridized carbons (Fsp3) is 0.188. The minimum atomic E-state index is 0. The van der Waals surface area contributed by atoms with Crippen molar-refractivity contribution in [1.29, 1.82) is 0 Å². The fourth-order valence-electron chi connectivity index (χ4n) is 2.03. The van der Waals surface area contributed by atoms with Gasteiger partial charge in [0.1, 0.15) is 0 Å². The molecule has 0 aromatic heterocycles. The number of rotatable bonds is 3. The molecule has 0 nitrogen and oxygen atoms in total. The maximum absolute atomic E-state index is 3.37. The molecule has 0 heterocycles. The fourth-order valence-corrected chi connectivity index (χ4v) is 2.03. The topological polar surface area (TPSA) is 0 Å². The van der Waals surface area contributed by atoms with Crippen molar-refractivity contribution >= 4 is 17.6 Å². The predicted molar refractivity (Wildman–Crippen MR) is 77.2 cm³/mol. The molecule has 0 amide bonds. The molecule has 2 heteroatoms. The van der Waals surface area contributed by atoms with Gasteiger partial charge in [-0.1, -0.05) is 20.2 Å². The molecule has 0 radical (unpaired) electrons. The maximum Gasteiger partial charge on any atom is 3.00 e. The third-order valence-electron chi connectivity index (χ3n) is 2.99. The van der Waals surface area contributed by atoms with Crippen molar-refractivity contribution in [3.63, 3.8) is 0 Å². The smallest absolute Gasteiger partial charge is 0.358 e. The van der Waals surface area contributed by atoms with Crippen molar-refractivity contribution in [3.05, 3.63) is 67.6 Å². The molecule has 0 saturated heterocycles. The Labute approximate surface area is 137 Å². The molecule has 0 bridgehead atoms. The van der Waals surface area contributed by atoms with E-state index in [9.17, 15) is 0 Å². The van der Waals surface area contributed by atoms with E-state index in [0.29, 0.717) is 6.71 Å². The number of aryl methyl sites for hydroxylation is 1. The van der Waals surface area contributed by atoms with E-state index in [4.69, 9.17) is 0 Å². The van der Waals surface area contributed by atoms with Gasteiger partial charge in [-0.2, -0.15) is 71.1 Å². The SMILES string of the molecule is CCc1ccc[c-]c1B(C)c1[c-]cccc1.[CH3-].[Y+3]. The van der Waals surface area contributed by atoms with Crippen molar-refractivity contribution < 1.29 is 32.7 Å². The molecular formula is C16H18BY. The standard InChI is InChI=1S/C15H15B.CH3.Y/c1-3-13-9-7-8-12-15(13)16(2)14-10-5-4-6-11-14;;/h4-10H,3H2,1-2H3;1H3;/q-2;-1;+3. The van der Waals surface area contributed by atoms with E-state index < -0.39 is 0 Å². The van der Waals surface area contributed by atoms with Gasteiger partial charge in [0.25, 0.3) is 0 Å². The summed E-state index contributed by atoms with van der Waals surface area (Å²) in [7, 11) is 0. The van der Waals surface area contributed by atoms with E-state index in [1.807, 2.05) is 18.2 Å². The van der Waals surface area contributed by atoms with Crippen molar-refractivity contribution in [3.8, 4) is 0 Å². The van der Waals surface area contributed by atoms with Crippen LogP contribution in [0.4, 0.5) is 0 Å². The van der Waals surface area contributed by atoms with E-state index in [1.165, 1.54) is 16.5 Å². The molecule has 0 atom stereocenters. The number of hydrogen-bond donors (Lipinski definition) is 0. The van der Waals surface area contributed by atoms with Gasteiger partial charge in [-0.05, 0) is 0 Å². The summed E-state index contributed by atoms with van der Waals surface area (Å²) in [6.45, 7) is 4.78. The Morgan fingerprint density at radius 3 is 2.39 bits per heavy atom. The summed E-state index contributed by atoms with van der Waals surface area (Å²) in [6.07, 6.45) is 1.06. The van der Waals surface area contributed by atoms with Gasteiger partial charge in [-0.3, -0.25) is 0 Å². The Morgan fingerprint density at radius 2 is 1.78 bits per heavy atom. The van der Waals surface area contributed by atoms with Crippen molar-refractivity contribution in [2.24, 2.45) is 0 Å². The summed E-state index contributed by atoms with van der Waals surface area (Å²) in [6, 6.07) is 21.1. The summed E-state index contributed by atoms with van der Waals surface area (Å²) in [4.78, 5) is 0. The molecule has 0 fully saturated rings. The van der Waals surface area contributed by atoms with Crippen LogP contribution < -0.4 is 10.9 Å². The van der Waals surface area contributed by atoms with Crippen LogP contribution in [0.1, 0.15) is 12.5 Å². The summed E-state index contributed by atoms with van der Waals surface area (Å²) >= 11 is 0. The van der Waals surface area contributed by atoms with Crippen LogP contribution in [0, 0.1) is 19.6 Å². The van der Waals surface area contributed by atoms with Crippen molar-refractivity contribution in [1.82, 2.24) is 0 Å². The van der Waals surface area contributed by atoms with Gasteiger partial charge in [0.2, 0.25) is 0 Å². The molecule has 0 aliphatic rings. The van der Waals surface area contributed by atoms with Gasteiger partial charge in [-0.25, -0.2) is 0 Å². The van der Waals surface area contributed by atoms with Crippen LogP contribution in [0.5, 0.6) is 0 Å². The second-order valence-electron chi connectivity index (χ2n) is 4.00. The zero-order chi connectivity index (χ0) is 11.4. The maximum atomic E-state index is 3.37. The van der Waals surface area contributed by atoms with E-state index in [-0.39, 0.29) is 40.1 Å². The van der Waals surface area contributed by atoms with Crippen LogP contribution in [0.15, 0.2) is 42.5 Å². The summed E-state index contributed by atoms with van der Waals surface area (Å²) in [5.74, 6) is 0. The van der Waals surface area contributed by atoms with Crippen LogP contribution >= 0.6 is 0 Å². The largest absolute Gasteiger partial charge is 3.00 e. The molecule has 88 valence electrons. The van der Waals surface area contributed by atoms with Crippen molar-refractivity contribution in [2.45, 2.75) is 20.2 Å². The first-order valence-electron chi connectivity index (χ1n) is 5.79. The van der Waals surface area contributed by atoms with E-state index in [0.717, 1.165) is 6.42 Å². The second-order valence-corrected chi connectivity index (χ2v) is 4.00. The van der Waals surface area contributed by atoms with Crippen LogP contribution in [0.25, 0.3) is 0 Å². The minimum absolute atomic E-state index is 0. The Hall–Kier alpha value is -0.391. The average Bonchev–Trinajstić information content (AvgIpc) is 2.39. The molecule has 2 aromatic carbocycles. The quantitative estimate of drug-likeness (QED) is 0.604. The van der Waals surface area contributed by atoms with E-state index >= 15 is 0 Å². The molecule has 0 saturated carbocycles. The molecule has 2 aromatic rings. The second kappa shape index (κ2) is 8.67. The zero-order valence-electron chi connectivity index (χ0n) is 11.4. The van der Waals surface area contributed by atoms with Crippen LogP contribution in [-0.2, 0) is 39.1 Å². The monoisotopic (exact) mass is 310 g/mol. The summed E-state index contributed by atoms with van der Waals surface area (Å²) in [5, 5.41) is 0. The first-order valence-corrected chi connectivity index (χ1v) is 5.79. The molecule has 0 unspecified atom stereocenters. The normalized spacial score (nSPS) is 9.00.